The van der Waals surface area contributed by atoms with Crippen LogP contribution >= 0.6 is 36.4 Å². The summed E-state index contributed by atoms with van der Waals surface area (Å²) in [6.07, 6.45) is 8.75. The van der Waals surface area contributed by atoms with Crippen LogP contribution in [0.5, 0.6) is 0 Å². The standard InChI is InChI=1S/C21H13.C6H4Cl.C6H5.C5H5.CH2.2ClH.Zr/c1-2-8-15-14(7-1)13-20-18-11-4-3-9-16(18)17-10-5-6-12-19(17)21(15)20;7-6-4-2-1-3-5-6;1-2-4-6-5-3-1;1-2-4-5-3-1;;;;/h1-10,12H,13H2;2-5H;1-5H;1-3H,4H2;1H2;2*1H;. The molecule has 6 aromatic carbocycles. The Bertz CT molecular complexity index is 2160. The van der Waals surface area contributed by atoms with Crippen molar-refractivity contribution < 1.29 is 18.3 Å². The van der Waals surface area contributed by atoms with E-state index in [2.05, 4.69) is 140 Å². The van der Waals surface area contributed by atoms with Gasteiger partial charge in [0, 0.05) is 0 Å². The third-order valence-corrected chi connectivity index (χ3v) is 26.3. The fourth-order valence-corrected chi connectivity index (χ4v) is 23.3. The van der Waals surface area contributed by atoms with Crippen LogP contribution in [-0.4, -0.2) is 4.21 Å². The average Bonchev–Trinajstić information content (AvgIpc) is 3.71. The Labute approximate surface area is 271 Å². The monoisotopic (exact) mass is 694 g/mol. The van der Waals surface area contributed by atoms with Crippen LogP contribution in [0.15, 0.2) is 143 Å². The number of halogens is 3. The first kappa shape index (κ1) is 30.0. The van der Waals surface area contributed by atoms with Crippen molar-refractivity contribution in [1.82, 2.24) is 0 Å². The molecule has 0 unspecified atom stereocenters. The quantitative estimate of drug-likeness (QED) is 0.161. The zero-order valence-corrected chi connectivity index (χ0v) is 28.4. The van der Waals surface area contributed by atoms with Gasteiger partial charge in [0.2, 0.25) is 0 Å². The first-order valence-electron chi connectivity index (χ1n) is 14.3. The van der Waals surface area contributed by atoms with Crippen molar-refractivity contribution in [2.75, 3.05) is 0 Å². The van der Waals surface area contributed by atoms with Crippen molar-refractivity contribution in [3.05, 3.63) is 159 Å². The fraction of sp³-hybridized carbons (Fsp3) is 0.0513. The van der Waals surface area contributed by atoms with Crippen molar-refractivity contribution in [2.45, 2.75) is 12.8 Å². The molecule has 2 aliphatic carbocycles. The van der Waals surface area contributed by atoms with E-state index in [9.17, 15) is 0 Å². The van der Waals surface area contributed by atoms with Crippen LogP contribution in [0.4, 0.5) is 0 Å². The molecule has 0 aliphatic heterocycles. The summed E-state index contributed by atoms with van der Waals surface area (Å²) in [6, 6.07) is 44.8. The van der Waals surface area contributed by atoms with Crippen LogP contribution in [0, 0.1) is 0 Å². The Morgan fingerprint density at radius 3 is 2.02 bits per heavy atom. The van der Waals surface area contributed by atoms with Gasteiger partial charge in [-0.25, -0.2) is 0 Å². The molecule has 0 nitrogen and oxygen atoms in total. The molecule has 4 heteroatoms. The van der Waals surface area contributed by atoms with Gasteiger partial charge in [0.25, 0.3) is 0 Å². The van der Waals surface area contributed by atoms with Gasteiger partial charge in [0.1, 0.15) is 0 Å². The van der Waals surface area contributed by atoms with Gasteiger partial charge in [-0.05, 0) is 0 Å². The summed E-state index contributed by atoms with van der Waals surface area (Å²) in [6.45, 7) is 0. The van der Waals surface area contributed by atoms with Gasteiger partial charge in [-0.15, -0.1) is 24.8 Å². The molecule has 0 heterocycles. The van der Waals surface area contributed by atoms with Crippen LogP contribution in [0.1, 0.15) is 17.5 Å². The fourth-order valence-electron chi connectivity index (χ4n) is 7.88. The van der Waals surface area contributed by atoms with Crippen molar-refractivity contribution in [3.8, 4) is 11.1 Å². The van der Waals surface area contributed by atoms with Gasteiger partial charge < -0.3 is 0 Å². The molecule has 0 saturated heterocycles. The van der Waals surface area contributed by atoms with E-state index in [1.54, 1.807) is 0 Å². The molecule has 0 saturated carbocycles. The Balaban J connectivity index is 0.00000165. The van der Waals surface area contributed by atoms with E-state index < -0.39 is 18.3 Å². The van der Waals surface area contributed by atoms with Gasteiger partial charge in [-0.2, -0.15) is 0 Å². The maximum atomic E-state index is 6.52. The second kappa shape index (κ2) is 11.1. The van der Waals surface area contributed by atoms with Crippen molar-refractivity contribution >= 4 is 72.0 Å². The Morgan fingerprint density at radius 1 is 0.628 bits per heavy atom. The van der Waals surface area contributed by atoms with E-state index in [1.165, 1.54) is 56.9 Å². The van der Waals surface area contributed by atoms with Crippen LogP contribution < -0.4 is 9.81 Å². The molecule has 0 atom stereocenters. The molecule has 212 valence electrons. The number of fused-ring (bicyclic) bond motifs is 8. The molecule has 0 bridgehead atoms. The van der Waals surface area contributed by atoms with Crippen molar-refractivity contribution in [1.29, 1.82) is 0 Å². The number of allylic oxidation sites excluding steroid dienone is 4. The average molecular weight is 697 g/mol. The molecule has 8 rings (SSSR count). The van der Waals surface area contributed by atoms with E-state index in [1.807, 2.05) is 0 Å². The van der Waals surface area contributed by atoms with Crippen LogP contribution in [0.25, 0.3) is 32.7 Å². The minimum absolute atomic E-state index is 0. The second-order valence-electron chi connectivity index (χ2n) is 11.6. The number of rotatable bonds is 4. The molecule has 6 aromatic rings. The number of benzene rings is 6. The topological polar surface area (TPSA) is 0 Å². The summed E-state index contributed by atoms with van der Waals surface area (Å²) >= 11 is 1.73. The summed E-state index contributed by atoms with van der Waals surface area (Å²) in [5, 5.41) is 6.12. The summed E-state index contributed by atoms with van der Waals surface area (Å²) in [5.74, 6) is 0. The van der Waals surface area contributed by atoms with Crippen molar-refractivity contribution in [3.63, 3.8) is 0 Å². The van der Waals surface area contributed by atoms with Gasteiger partial charge >= 0.3 is 248 Å². The molecule has 0 fully saturated rings. The van der Waals surface area contributed by atoms with E-state index >= 15 is 0 Å². The maximum absolute atomic E-state index is 6.52. The van der Waals surface area contributed by atoms with Crippen LogP contribution in [0.3, 0.4) is 0 Å². The van der Waals surface area contributed by atoms with Gasteiger partial charge in [0.15, 0.2) is 0 Å². The van der Waals surface area contributed by atoms with E-state index in [4.69, 9.17) is 15.8 Å². The Hall–Kier alpha value is -3.06. The van der Waals surface area contributed by atoms with Crippen molar-refractivity contribution in [2.24, 2.45) is 0 Å². The summed E-state index contributed by atoms with van der Waals surface area (Å²) in [7, 11) is 0. The van der Waals surface area contributed by atoms with Gasteiger partial charge in [0.05, 0.1) is 0 Å². The molecular formula is C39H31Cl3Zr. The summed E-state index contributed by atoms with van der Waals surface area (Å²) in [5.41, 5.74) is 5.60. The molecule has 0 spiro atoms. The third kappa shape index (κ3) is 4.09. The first-order chi connectivity index (χ1) is 20.1. The zero-order chi connectivity index (χ0) is 27.6. The minimum atomic E-state index is -4.79. The van der Waals surface area contributed by atoms with Crippen LogP contribution in [-0.2, 0) is 24.7 Å². The second-order valence-corrected chi connectivity index (χ2v) is 25.0. The molecule has 0 N–H and O–H groups in total. The first-order valence-corrected chi connectivity index (χ1v) is 21.4. The molecule has 0 aromatic heterocycles. The van der Waals surface area contributed by atoms with Gasteiger partial charge in [-0.1, -0.05) is 0 Å². The predicted molar refractivity (Wildman–Crippen MR) is 190 cm³/mol. The van der Waals surface area contributed by atoms with E-state index in [0.717, 1.165) is 17.9 Å². The molecule has 0 radical (unpaired) electrons. The Kier molecular flexibility index (Phi) is 7.77. The molecule has 0 amide bonds. The molecule has 43 heavy (non-hydrogen) atoms. The van der Waals surface area contributed by atoms with Crippen LogP contribution in [0.2, 0.25) is 5.02 Å². The zero-order valence-electron chi connectivity index (χ0n) is 23.6. The van der Waals surface area contributed by atoms with E-state index in [-0.39, 0.29) is 24.8 Å². The number of hydrogen-bond donors (Lipinski definition) is 0. The predicted octanol–water partition coefficient (Wildman–Crippen LogP) is 9.30. The molecular weight excluding hydrogens is 666 g/mol. The normalized spacial score (nSPS) is 13.7. The summed E-state index contributed by atoms with van der Waals surface area (Å²) < 4.78 is 11.1. The number of hydrogen-bond acceptors (Lipinski definition) is 0. The SMILES string of the molecule is Cl.Cl.[CH2]=[Zr]([C]1=CC=CC1)([c]1ccccc1)([c]1ccc(Cl)cc1)[c]1cccc2c1c1c(c3ccccc32)-c2ccccc2C1. The van der Waals surface area contributed by atoms with E-state index in [0.29, 0.717) is 0 Å². The third-order valence-electron chi connectivity index (χ3n) is 9.78. The van der Waals surface area contributed by atoms with Gasteiger partial charge in [-0.3, -0.25) is 0 Å². The summed E-state index contributed by atoms with van der Waals surface area (Å²) in [4.78, 5) is 0. The molecule has 2 aliphatic rings. The Morgan fingerprint density at radius 2 is 1.28 bits per heavy atom.